The van der Waals surface area contributed by atoms with E-state index < -0.39 is 0 Å². The molecule has 1 atom stereocenters. The van der Waals surface area contributed by atoms with E-state index in [9.17, 15) is 4.79 Å². The molecule has 1 unspecified atom stereocenters. The molecule has 1 heterocycles. The number of amides is 1. The molecule has 1 rings (SSSR count). The van der Waals surface area contributed by atoms with Gasteiger partial charge in [0, 0.05) is 0 Å². The lowest BCUT2D eigenvalue weighted by Gasteiger charge is -1.99. The number of aliphatic imine (C=N–C) groups is 1. The molecule has 1 N–H and O–H groups in total. The van der Waals surface area contributed by atoms with Crippen molar-refractivity contribution < 1.29 is 4.79 Å². The highest BCUT2D eigenvalue weighted by Gasteiger charge is 2.22. The number of amidine groups is 1. The van der Waals surface area contributed by atoms with Crippen LogP contribution in [0.3, 0.4) is 0 Å². The highest BCUT2D eigenvalue weighted by atomic mass is 16.2. The zero-order valence-electron chi connectivity index (χ0n) is 6.35. The first-order chi connectivity index (χ1) is 4.74. The first kappa shape index (κ1) is 7.25. The molecule has 0 spiro atoms. The number of carbonyl (C=O) groups excluding carboxylic acids is 1. The van der Waals surface area contributed by atoms with Crippen LogP contribution in [0.5, 0.6) is 0 Å². The summed E-state index contributed by atoms with van der Waals surface area (Å²) in [7, 11) is 0. The van der Waals surface area contributed by atoms with Crippen molar-refractivity contribution in [1.82, 2.24) is 5.32 Å². The fourth-order valence-corrected chi connectivity index (χ4v) is 1.06. The zero-order chi connectivity index (χ0) is 7.56. The van der Waals surface area contributed by atoms with Gasteiger partial charge in [0.25, 0.3) is 0 Å². The van der Waals surface area contributed by atoms with Crippen molar-refractivity contribution in [2.45, 2.75) is 32.7 Å². The predicted octanol–water partition coefficient (Wildman–Crippen LogP) is 0.703. The van der Waals surface area contributed by atoms with E-state index in [1.807, 2.05) is 6.92 Å². The van der Waals surface area contributed by atoms with Crippen LogP contribution in [0.4, 0.5) is 0 Å². The van der Waals surface area contributed by atoms with Crippen molar-refractivity contribution >= 4 is 11.7 Å². The molecule has 0 aromatic rings. The molecular formula is C7H12N2O. The number of nitrogens with zero attached hydrogens (tertiary/aromatic N) is 1. The van der Waals surface area contributed by atoms with Crippen molar-refractivity contribution in [3.63, 3.8) is 0 Å². The van der Waals surface area contributed by atoms with Crippen molar-refractivity contribution in [3.05, 3.63) is 0 Å². The van der Waals surface area contributed by atoms with Crippen LogP contribution >= 0.6 is 0 Å². The van der Waals surface area contributed by atoms with E-state index in [1.165, 1.54) is 0 Å². The Bertz CT molecular complexity index is 174. The monoisotopic (exact) mass is 140 g/mol. The zero-order valence-corrected chi connectivity index (χ0v) is 6.35. The van der Waals surface area contributed by atoms with Gasteiger partial charge in [-0.05, 0) is 13.3 Å². The molecule has 1 aliphatic heterocycles. The molecule has 0 fully saturated rings. The summed E-state index contributed by atoms with van der Waals surface area (Å²) in [5.74, 6) is 0.808. The second-order valence-corrected chi connectivity index (χ2v) is 2.51. The van der Waals surface area contributed by atoms with E-state index in [0.717, 1.165) is 18.7 Å². The van der Waals surface area contributed by atoms with Gasteiger partial charge in [-0.2, -0.15) is 0 Å². The number of nitrogens with one attached hydrogen (secondary N) is 1. The minimum absolute atomic E-state index is 0.0550. The molecule has 1 amide bonds. The SMILES string of the molecule is CCCC1N=C(C)NC1=O. The first-order valence-electron chi connectivity index (χ1n) is 3.59. The highest BCUT2D eigenvalue weighted by molar-refractivity contribution is 6.04. The standard InChI is InChI=1S/C7H12N2O/c1-3-4-6-7(10)9-5(2)8-6/h6H,3-4H2,1-2H3,(H,8,9,10). The van der Waals surface area contributed by atoms with Crippen molar-refractivity contribution in [2.75, 3.05) is 0 Å². The molecule has 3 heteroatoms. The quantitative estimate of drug-likeness (QED) is 0.602. The lowest BCUT2D eigenvalue weighted by molar-refractivity contribution is -0.120. The summed E-state index contributed by atoms with van der Waals surface area (Å²) in [6, 6.07) is -0.106. The maximum Gasteiger partial charge on any atom is 0.250 e. The maximum atomic E-state index is 10.9. The number of carbonyl (C=O) groups is 1. The third-order valence-corrected chi connectivity index (χ3v) is 1.52. The van der Waals surface area contributed by atoms with E-state index in [2.05, 4.69) is 17.2 Å². The average Bonchev–Trinajstić information content (AvgIpc) is 2.13. The van der Waals surface area contributed by atoms with Gasteiger partial charge in [-0.25, -0.2) is 0 Å². The minimum Gasteiger partial charge on any atom is -0.313 e. The summed E-state index contributed by atoms with van der Waals surface area (Å²) in [4.78, 5) is 15.1. The van der Waals surface area contributed by atoms with E-state index >= 15 is 0 Å². The van der Waals surface area contributed by atoms with Crippen LogP contribution in [0.25, 0.3) is 0 Å². The fourth-order valence-electron chi connectivity index (χ4n) is 1.06. The van der Waals surface area contributed by atoms with Crippen LogP contribution in [0.15, 0.2) is 4.99 Å². The summed E-state index contributed by atoms with van der Waals surface area (Å²) in [5, 5.41) is 2.66. The van der Waals surface area contributed by atoms with Crippen LogP contribution in [0.1, 0.15) is 26.7 Å². The molecule has 10 heavy (non-hydrogen) atoms. The lowest BCUT2D eigenvalue weighted by Crippen LogP contribution is -2.27. The van der Waals surface area contributed by atoms with Gasteiger partial charge in [-0.15, -0.1) is 0 Å². The van der Waals surface area contributed by atoms with Gasteiger partial charge >= 0.3 is 0 Å². The van der Waals surface area contributed by atoms with E-state index in [-0.39, 0.29) is 11.9 Å². The molecule has 0 saturated heterocycles. The van der Waals surface area contributed by atoms with Gasteiger partial charge in [-0.1, -0.05) is 13.3 Å². The Balaban J connectivity index is 2.52. The molecule has 0 radical (unpaired) electrons. The molecule has 0 aromatic heterocycles. The Morgan fingerprint density at radius 3 is 2.80 bits per heavy atom. The second kappa shape index (κ2) is 2.82. The van der Waals surface area contributed by atoms with Gasteiger partial charge < -0.3 is 5.32 Å². The Labute approximate surface area is 60.5 Å². The molecule has 0 aliphatic carbocycles. The predicted molar refractivity (Wildman–Crippen MR) is 39.9 cm³/mol. The summed E-state index contributed by atoms with van der Waals surface area (Å²) in [6.07, 6.45) is 1.87. The third-order valence-electron chi connectivity index (χ3n) is 1.52. The van der Waals surface area contributed by atoms with Crippen LogP contribution in [-0.2, 0) is 4.79 Å². The Kier molecular flexibility index (Phi) is 2.04. The fraction of sp³-hybridized carbons (Fsp3) is 0.714. The van der Waals surface area contributed by atoms with Crippen LogP contribution in [0.2, 0.25) is 0 Å². The van der Waals surface area contributed by atoms with Crippen molar-refractivity contribution in [2.24, 2.45) is 4.99 Å². The molecule has 0 saturated carbocycles. The van der Waals surface area contributed by atoms with Gasteiger partial charge in [0.1, 0.15) is 11.9 Å². The average molecular weight is 140 g/mol. The molecule has 3 nitrogen and oxygen atoms in total. The topological polar surface area (TPSA) is 41.5 Å². The number of hydrogen-bond donors (Lipinski definition) is 1. The first-order valence-corrected chi connectivity index (χ1v) is 3.59. The van der Waals surface area contributed by atoms with Crippen LogP contribution < -0.4 is 5.32 Å². The van der Waals surface area contributed by atoms with Gasteiger partial charge in [0.2, 0.25) is 5.91 Å². The third kappa shape index (κ3) is 1.35. The minimum atomic E-state index is -0.106. The van der Waals surface area contributed by atoms with E-state index in [4.69, 9.17) is 0 Å². The van der Waals surface area contributed by atoms with E-state index in [0.29, 0.717) is 0 Å². The normalized spacial score (nSPS) is 24.4. The highest BCUT2D eigenvalue weighted by Crippen LogP contribution is 2.06. The molecule has 1 aliphatic rings. The smallest absolute Gasteiger partial charge is 0.250 e. The van der Waals surface area contributed by atoms with Gasteiger partial charge in [0.15, 0.2) is 0 Å². The van der Waals surface area contributed by atoms with Gasteiger partial charge in [-0.3, -0.25) is 9.79 Å². The molecule has 0 bridgehead atoms. The summed E-state index contributed by atoms with van der Waals surface area (Å²) >= 11 is 0. The second-order valence-electron chi connectivity index (χ2n) is 2.51. The molecular weight excluding hydrogens is 128 g/mol. The van der Waals surface area contributed by atoms with Crippen molar-refractivity contribution in [1.29, 1.82) is 0 Å². The molecule has 56 valence electrons. The number of rotatable bonds is 2. The number of hydrogen-bond acceptors (Lipinski definition) is 2. The Hall–Kier alpha value is -0.860. The van der Waals surface area contributed by atoms with Crippen LogP contribution in [-0.4, -0.2) is 17.8 Å². The maximum absolute atomic E-state index is 10.9. The van der Waals surface area contributed by atoms with E-state index in [1.54, 1.807) is 0 Å². The van der Waals surface area contributed by atoms with Crippen LogP contribution in [0, 0.1) is 0 Å². The summed E-state index contributed by atoms with van der Waals surface area (Å²) in [6.45, 7) is 3.87. The molecule has 0 aromatic carbocycles. The van der Waals surface area contributed by atoms with Gasteiger partial charge in [0.05, 0.1) is 0 Å². The Morgan fingerprint density at radius 2 is 2.40 bits per heavy atom. The summed E-state index contributed by atoms with van der Waals surface area (Å²) < 4.78 is 0. The lowest BCUT2D eigenvalue weighted by atomic mass is 10.2. The Morgan fingerprint density at radius 1 is 1.70 bits per heavy atom. The van der Waals surface area contributed by atoms with Crippen molar-refractivity contribution in [3.8, 4) is 0 Å². The largest absolute Gasteiger partial charge is 0.313 e. The summed E-state index contributed by atoms with van der Waals surface area (Å²) in [5.41, 5.74) is 0.